The van der Waals surface area contributed by atoms with Crippen molar-refractivity contribution < 1.29 is 9.90 Å². The van der Waals surface area contributed by atoms with E-state index in [0.29, 0.717) is 6.04 Å². The van der Waals surface area contributed by atoms with E-state index in [-0.39, 0.29) is 6.54 Å². The molecule has 0 spiro atoms. The second-order valence-corrected chi connectivity index (χ2v) is 5.48. The van der Waals surface area contributed by atoms with Crippen molar-refractivity contribution in [3.8, 4) is 0 Å². The molecule has 1 heterocycles. The highest BCUT2D eigenvalue weighted by Crippen LogP contribution is 2.17. The third-order valence-electron chi connectivity index (χ3n) is 3.74. The Kier molecular flexibility index (Phi) is 4.56. The maximum atomic E-state index is 10.7. The number of nitrogens with zero attached hydrogens (tertiary/aromatic N) is 2. The van der Waals surface area contributed by atoms with Crippen molar-refractivity contribution in [2.75, 3.05) is 26.7 Å². The summed E-state index contributed by atoms with van der Waals surface area (Å²) in [5, 5.41) is 8.82. The molecule has 1 saturated heterocycles. The number of hydrogen-bond acceptors (Lipinski definition) is 3. The molecule has 4 nitrogen and oxygen atoms in total. The fraction of sp³-hybridized carbons (Fsp3) is 0.533. The Labute approximate surface area is 114 Å². The van der Waals surface area contributed by atoms with Gasteiger partial charge in [0.2, 0.25) is 0 Å². The third-order valence-corrected chi connectivity index (χ3v) is 3.74. The Hall–Kier alpha value is -1.39. The van der Waals surface area contributed by atoms with Gasteiger partial charge in [0.05, 0.1) is 6.54 Å². The predicted molar refractivity (Wildman–Crippen MR) is 75.1 cm³/mol. The molecule has 1 N–H and O–H groups in total. The van der Waals surface area contributed by atoms with Gasteiger partial charge in [0.25, 0.3) is 0 Å². The van der Waals surface area contributed by atoms with E-state index in [0.717, 1.165) is 26.1 Å². The van der Waals surface area contributed by atoms with Crippen molar-refractivity contribution in [2.24, 2.45) is 0 Å². The molecule has 0 saturated carbocycles. The molecule has 104 valence electrons. The first kappa shape index (κ1) is 14.0. The van der Waals surface area contributed by atoms with E-state index in [1.807, 2.05) is 11.9 Å². The van der Waals surface area contributed by atoms with Gasteiger partial charge < -0.3 is 5.11 Å². The molecule has 19 heavy (non-hydrogen) atoms. The molecular weight excluding hydrogens is 240 g/mol. The summed E-state index contributed by atoms with van der Waals surface area (Å²) in [6, 6.07) is 8.93. The van der Waals surface area contributed by atoms with Crippen molar-refractivity contribution in [3.63, 3.8) is 0 Å². The Morgan fingerprint density at radius 1 is 1.53 bits per heavy atom. The van der Waals surface area contributed by atoms with Crippen LogP contribution >= 0.6 is 0 Å². The molecular formula is C15H22N2O2. The number of rotatable bonds is 5. The molecule has 1 aliphatic heterocycles. The molecule has 1 unspecified atom stereocenters. The van der Waals surface area contributed by atoms with Crippen LogP contribution in [-0.2, 0) is 11.3 Å². The van der Waals surface area contributed by atoms with Crippen LogP contribution in [0.15, 0.2) is 24.3 Å². The van der Waals surface area contributed by atoms with E-state index < -0.39 is 5.97 Å². The highest BCUT2D eigenvalue weighted by Gasteiger charge is 2.26. The Bertz CT molecular complexity index is 448. The van der Waals surface area contributed by atoms with Gasteiger partial charge in [-0.3, -0.25) is 14.6 Å². The molecule has 1 atom stereocenters. The van der Waals surface area contributed by atoms with Crippen LogP contribution in [-0.4, -0.2) is 53.6 Å². The lowest BCUT2D eigenvalue weighted by Crippen LogP contribution is -2.37. The molecule has 0 amide bonds. The molecule has 0 aliphatic carbocycles. The van der Waals surface area contributed by atoms with E-state index in [1.165, 1.54) is 11.1 Å². The zero-order valence-corrected chi connectivity index (χ0v) is 11.7. The number of likely N-dealkylation sites (N-methyl/N-ethyl adjacent to an activating group) is 1. The lowest BCUT2D eigenvalue weighted by Gasteiger charge is -2.23. The second-order valence-electron chi connectivity index (χ2n) is 5.48. The van der Waals surface area contributed by atoms with Gasteiger partial charge in [-0.05, 0) is 26.0 Å². The highest BCUT2D eigenvalue weighted by molar-refractivity contribution is 5.69. The smallest absolute Gasteiger partial charge is 0.317 e. The first-order chi connectivity index (χ1) is 9.04. The minimum absolute atomic E-state index is 0.128. The van der Waals surface area contributed by atoms with Gasteiger partial charge in [0, 0.05) is 25.7 Å². The Balaban J connectivity index is 1.86. The first-order valence-electron chi connectivity index (χ1n) is 6.74. The van der Waals surface area contributed by atoms with Gasteiger partial charge in [0.15, 0.2) is 0 Å². The molecule has 4 heteroatoms. The molecule has 0 bridgehead atoms. The molecule has 2 rings (SSSR count). The van der Waals surface area contributed by atoms with Gasteiger partial charge in [-0.2, -0.15) is 0 Å². The third kappa shape index (κ3) is 4.04. The van der Waals surface area contributed by atoms with Crippen LogP contribution in [0.4, 0.5) is 0 Å². The number of hydrogen-bond donors (Lipinski definition) is 1. The van der Waals surface area contributed by atoms with Gasteiger partial charge in [-0.15, -0.1) is 0 Å². The van der Waals surface area contributed by atoms with E-state index in [9.17, 15) is 4.79 Å². The zero-order valence-electron chi connectivity index (χ0n) is 11.7. The standard InChI is InChI=1S/C15H22N2O2/c1-12-4-3-5-13(8-12)9-17-7-6-14(10-17)16(2)11-15(18)19/h3-5,8,14H,6-7,9-11H2,1-2H3,(H,18,19). The summed E-state index contributed by atoms with van der Waals surface area (Å²) in [4.78, 5) is 15.1. The van der Waals surface area contributed by atoms with Crippen molar-refractivity contribution in [2.45, 2.75) is 25.9 Å². The number of aryl methyl sites for hydroxylation is 1. The largest absolute Gasteiger partial charge is 0.480 e. The number of carboxylic acid groups (broad SMARTS) is 1. The maximum absolute atomic E-state index is 10.7. The van der Waals surface area contributed by atoms with Crippen molar-refractivity contribution in [1.29, 1.82) is 0 Å². The predicted octanol–water partition coefficient (Wildman–Crippen LogP) is 1.59. The van der Waals surface area contributed by atoms with Gasteiger partial charge in [-0.25, -0.2) is 0 Å². The average Bonchev–Trinajstić information content (AvgIpc) is 2.76. The van der Waals surface area contributed by atoms with Crippen LogP contribution in [0.1, 0.15) is 17.5 Å². The van der Waals surface area contributed by atoms with E-state index >= 15 is 0 Å². The summed E-state index contributed by atoms with van der Waals surface area (Å²) in [6.07, 6.45) is 1.05. The van der Waals surface area contributed by atoms with Gasteiger partial charge in [0.1, 0.15) is 0 Å². The molecule has 1 aliphatic rings. The quantitative estimate of drug-likeness (QED) is 0.875. The molecule has 0 aromatic heterocycles. The van der Waals surface area contributed by atoms with Crippen LogP contribution < -0.4 is 0 Å². The van der Waals surface area contributed by atoms with Crippen LogP contribution in [0.25, 0.3) is 0 Å². The lowest BCUT2D eigenvalue weighted by molar-refractivity contribution is -0.138. The van der Waals surface area contributed by atoms with Crippen LogP contribution in [0, 0.1) is 6.92 Å². The van der Waals surface area contributed by atoms with Crippen LogP contribution in [0.3, 0.4) is 0 Å². The van der Waals surface area contributed by atoms with Crippen molar-refractivity contribution in [3.05, 3.63) is 35.4 Å². The van der Waals surface area contributed by atoms with Gasteiger partial charge >= 0.3 is 5.97 Å². The summed E-state index contributed by atoms with van der Waals surface area (Å²) < 4.78 is 0. The highest BCUT2D eigenvalue weighted by atomic mass is 16.4. The van der Waals surface area contributed by atoms with Crippen molar-refractivity contribution in [1.82, 2.24) is 9.80 Å². The fourth-order valence-electron chi connectivity index (χ4n) is 2.73. The summed E-state index contributed by atoms with van der Waals surface area (Å²) in [7, 11) is 1.90. The van der Waals surface area contributed by atoms with E-state index in [4.69, 9.17) is 5.11 Å². The minimum atomic E-state index is -0.750. The SMILES string of the molecule is Cc1cccc(CN2CCC(N(C)CC(=O)O)C2)c1. The summed E-state index contributed by atoms with van der Waals surface area (Å²) in [5.41, 5.74) is 2.62. The molecule has 1 aromatic rings. The number of carbonyl (C=O) groups is 1. The van der Waals surface area contributed by atoms with Crippen LogP contribution in [0.5, 0.6) is 0 Å². The fourth-order valence-corrected chi connectivity index (χ4v) is 2.73. The summed E-state index contributed by atoms with van der Waals surface area (Å²) in [6.45, 7) is 5.19. The molecule has 1 fully saturated rings. The van der Waals surface area contributed by atoms with E-state index in [2.05, 4.69) is 36.1 Å². The van der Waals surface area contributed by atoms with Gasteiger partial charge in [-0.1, -0.05) is 29.8 Å². The first-order valence-corrected chi connectivity index (χ1v) is 6.74. The Morgan fingerprint density at radius 2 is 2.32 bits per heavy atom. The van der Waals surface area contributed by atoms with Crippen LogP contribution in [0.2, 0.25) is 0 Å². The maximum Gasteiger partial charge on any atom is 0.317 e. The topological polar surface area (TPSA) is 43.8 Å². The number of carboxylic acids is 1. The number of likely N-dealkylation sites (tertiary alicyclic amines) is 1. The molecule has 1 aromatic carbocycles. The lowest BCUT2D eigenvalue weighted by atomic mass is 10.1. The summed E-state index contributed by atoms with van der Waals surface area (Å²) in [5.74, 6) is -0.750. The zero-order chi connectivity index (χ0) is 13.8. The average molecular weight is 262 g/mol. The molecule has 0 radical (unpaired) electrons. The Morgan fingerprint density at radius 3 is 3.00 bits per heavy atom. The number of benzene rings is 1. The number of aliphatic carboxylic acids is 1. The second kappa shape index (κ2) is 6.17. The van der Waals surface area contributed by atoms with E-state index in [1.54, 1.807) is 0 Å². The monoisotopic (exact) mass is 262 g/mol. The summed E-state index contributed by atoms with van der Waals surface area (Å²) >= 11 is 0. The van der Waals surface area contributed by atoms with Crippen molar-refractivity contribution >= 4 is 5.97 Å². The normalized spacial score (nSPS) is 20.1. The minimum Gasteiger partial charge on any atom is -0.480 e.